The summed E-state index contributed by atoms with van der Waals surface area (Å²) in [6.45, 7) is 3.55. The summed E-state index contributed by atoms with van der Waals surface area (Å²) >= 11 is 1.18. The molecule has 1 aromatic heterocycles. The van der Waals surface area contributed by atoms with Gasteiger partial charge >= 0.3 is 11.9 Å². The molecule has 0 spiro atoms. The molecule has 0 amide bonds. The number of carbonyl (C=O) groups excluding carboxylic acids is 2. The van der Waals surface area contributed by atoms with Crippen LogP contribution in [0.25, 0.3) is 11.8 Å². The van der Waals surface area contributed by atoms with Crippen molar-refractivity contribution in [1.29, 1.82) is 0 Å². The summed E-state index contributed by atoms with van der Waals surface area (Å²) < 4.78 is 29.1. The van der Waals surface area contributed by atoms with Gasteiger partial charge in [-0.25, -0.2) is 14.6 Å². The fourth-order valence-electron chi connectivity index (χ4n) is 4.99. The lowest BCUT2D eigenvalue weighted by Gasteiger charge is -2.26. The van der Waals surface area contributed by atoms with Crippen LogP contribution in [0.4, 0.5) is 0 Å². The average molecular weight is 629 g/mol. The Hall–Kier alpha value is -5.16. The van der Waals surface area contributed by atoms with Gasteiger partial charge in [-0.15, -0.1) is 0 Å². The molecule has 1 atom stereocenters. The number of rotatable bonds is 11. The second-order valence-electron chi connectivity index (χ2n) is 9.68. The van der Waals surface area contributed by atoms with Gasteiger partial charge in [-0.3, -0.25) is 9.36 Å². The first-order valence-electron chi connectivity index (χ1n) is 14.3. The Labute approximate surface area is 263 Å². The van der Waals surface area contributed by atoms with Crippen molar-refractivity contribution in [2.45, 2.75) is 19.9 Å². The highest BCUT2D eigenvalue weighted by Crippen LogP contribution is 2.38. The zero-order valence-electron chi connectivity index (χ0n) is 25.3. The first kappa shape index (κ1) is 31.3. The normalized spacial score (nSPS) is 14.3. The van der Waals surface area contributed by atoms with Crippen LogP contribution in [0.2, 0.25) is 0 Å². The van der Waals surface area contributed by atoms with Gasteiger partial charge in [0.25, 0.3) is 5.56 Å². The molecule has 3 aromatic carbocycles. The largest absolute Gasteiger partial charge is 0.493 e. The van der Waals surface area contributed by atoms with Gasteiger partial charge in [0, 0.05) is 11.1 Å². The maximum atomic E-state index is 14.2. The van der Waals surface area contributed by atoms with Crippen molar-refractivity contribution in [2.75, 3.05) is 34.0 Å². The van der Waals surface area contributed by atoms with E-state index in [1.54, 1.807) is 62.4 Å². The minimum absolute atomic E-state index is 0.135. The van der Waals surface area contributed by atoms with Crippen LogP contribution in [0.15, 0.2) is 88.2 Å². The summed E-state index contributed by atoms with van der Waals surface area (Å²) in [4.78, 5) is 45.1. The quantitative estimate of drug-likeness (QED) is 0.230. The van der Waals surface area contributed by atoms with Crippen LogP contribution in [-0.4, -0.2) is 50.5 Å². The van der Waals surface area contributed by atoms with E-state index in [-0.39, 0.29) is 31.0 Å². The Morgan fingerprint density at radius 2 is 1.60 bits per heavy atom. The number of para-hydroxylation sites is 1. The van der Waals surface area contributed by atoms with E-state index in [4.69, 9.17) is 28.7 Å². The Balaban J connectivity index is 1.75. The van der Waals surface area contributed by atoms with Crippen LogP contribution >= 0.6 is 11.3 Å². The summed E-state index contributed by atoms with van der Waals surface area (Å²) in [5, 5.41) is 0. The van der Waals surface area contributed by atoms with E-state index in [1.165, 1.54) is 30.1 Å². The fourth-order valence-corrected chi connectivity index (χ4v) is 5.98. The van der Waals surface area contributed by atoms with Gasteiger partial charge < -0.3 is 23.7 Å². The lowest BCUT2D eigenvalue weighted by Crippen LogP contribution is -2.40. The number of methoxy groups -OCH3 is 2. The molecule has 10 nitrogen and oxygen atoms in total. The van der Waals surface area contributed by atoms with Gasteiger partial charge in [-0.1, -0.05) is 65.9 Å². The van der Waals surface area contributed by atoms with Crippen LogP contribution in [0, 0.1) is 0 Å². The molecule has 5 rings (SSSR count). The number of fused-ring (bicyclic) bond motifs is 1. The van der Waals surface area contributed by atoms with E-state index in [0.29, 0.717) is 49.0 Å². The Morgan fingerprint density at radius 1 is 0.889 bits per heavy atom. The van der Waals surface area contributed by atoms with Crippen molar-refractivity contribution in [3.05, 3.63) is 115 Å². The number of ether oxygens (including phenoxy) is 5. The predicted molar refractivity (Wildman–Crippen MR) is 169 cm³/mol. The molecule has 232 valence electrons. The van der Waals surface area contributed by atoms with Crippen molar-refractivity contribution in [2.24, 2.45) is 4.99 Å². The molecule has 1 aliphatic rings. The van der Waals surface area contributed by atoms with Crippen molar-refractivity contribution < 1.29 is 33.3 Å². The first-order chi connectivity index (χ1) is 21.9. The van der Waals surface area contributed by atoms with Crippen molar-refractivity contribution in [3.8, 4) is 17.2 Å². The minimum atomic E-state index is -0.896. The molecular formula is C34H32N2O8S. The molecule has 45 heavy (non-hydrogen) atoms. The van der Waals surface area contributed by atoms with E-state index in [2.05, 4.69) is 0 Å². The topological polar surface area (TPSA) is 115 Å². The van der Waals surface area contributed by atoms with Gasteiger partial charge in [0.2, 0.25) is 0 Å². The van der Waals surface area contributed by atoms with Crippen LogP contribution in [-0.2, 0) is 19.1 Å². The highest BCUT2D eigenvalue weighted by atomic mass is 32.1. The molecule has 1 aliphatic heterocycles. The fraction of sp³-hybridized carbons (Fsp3) is 0.235. The summed E-state index contributed by atoms with van der Waals surface area (Å²) in [5.41, 5.74) is 2.13. The molecule has 0 radical (unpaired) electrons. The highest BCUT2D eigenvalue weighted by molar-refractivity contribution is 7.07. The monoisotopic (exact) mass is 628 g/mol. The number of carbonyl (C=O) groups is 2. The third kappa shape index (κ3) is 6.53. The number of esters is 2. The van der Waals surface area contributed by atoms with Crippen LogP contribution in [0.5, 0.6) is 17.2 Å². The van der Waals surface area contributed by atoms with Gasteiger partial charge in [-0.2, -0.15) is 0 Å². The van der Waals surface area contributed by atoms with E-state index in [9.17, 15) is 14.4 Å². The lowest BCUT2D eigenvalue weighted by molar-refractivity contribution is -0.145. The number of aromatic nitrogens is 1. The minimum Gasteiger partial charge on any atom is -0.493 e. The molecule has 11 heteroatoms. The molecule has 4 aromatic rings. The summed E-state index contributed by atoms with van der Waals surface area (Å²) in [6.07, 6.45) is 1.69. The SMILES string of the molecule is CCOC(=O)COc1ccccc1/C=c1\sc2n(c1=O)[C@H](c1ccc(OC)c(OC)c1)C(C(=O)OCC)=C(c1ccccc1)N=2. The zero-order chi connectivity index (χ0) is 31.9. The standard InChI is InChI=1S/C34H32N2O8S/c1-5-42-28(37)20-44-24-15-11-10-14-22(24)19-27-32(38)36-31(23-16-17-25(40-3)26(18-23)41-4)29(33(39)43-6-2)30(35-34(36)45-27)21-12-8-7-9-13-21/h7-19,31H,5-6,20H2,1-4H3/b27-19-/t31-/m1/s1. The zero-order valence-corrected chi connectivity index (χ0v) is 26.1. The Kier molecular flexibility index (Phi) is 9.79. The maximum absolute atomic E-state index is 14.2. The molecule has 0 unspecified atom stereocenters. The van der Waals surface area contributed by atoms with Gasteiger partial charge in [0.1, 0.15) is 5.75 Å². The molecule has 0 fully saturated rings. The highest BCUT2D eigenvalue weighted by Gasteiger charge is 2.35. The second-order valence-corrected chi connectivity index (χ2v) is 10.7. The molecule has 0 saturated heterocycles. The van der Waals surface area contributed by atoms with E-state index < -0.39 is 18.0 Å². The number of nitrogens with zero attached hydrogens (tertiary/aromatic N) is 2. The van der Waals surface area contributed by atoms with Crippen LogP contribution < -0.4 is 29.1 Å². The third-order valence-corrected chi connectivity index (χ3v) is 7.94. The lowest BCUT2D eigenvalue weighted by atomic mass is 9.93. The molecule has 0 aliphatic carbocycles. The van der Waals surface area contributed by atoms with Gasteiger partial charge in [0.15, 0.2) is 22.9 Å². The molecular weight excluding hydrogens is 596 g/mol. The first-order valence-corrected chi connectivity index (χ1v) is 15.1. The van der Waals surface area contributed by atoms with E-state index in [1.807, 2.05) is 30.3 Å². The van der Waals surface area contributed by atoms with Crippen LogP contribution in [0.1, 0.15) is 36.6 Å². The van der Waals surface area contributed by atoms with Crippen molar-refractivity contribution in [3.63, 3.8) is 0 Å². The Morgan fingerprint density at radius 3 is 2.31 bits per heavy atom. The average Bonchev–Trinajstić information content (AvgIpc) is 3.37. The van der Waals surface area contributed by atoms with E-state index >= 15 is 0 Å². The van der Waals surface area contributed by atoms with Gasteiger partial charge in [0.05, 0.1) is 49.3 Å². The molecule has 0 bridgehead atoms. The Bertz CT molecular complexity index is 1930. The molecule has 0 saturated carbocycles. The number of hydrogen-bond donors (Lipinski definition) is 0. The second kappa shape index (κ2) is 14.1. The number of thiazole rings is 1. The number of benzene rings is 3. The summed E-state index contributed by atoms with van der Waals surface area (Å²) in [6, 6.07) is 20.7. The van der Waals surface area contributed by atoms with Crippen molar-refractivity contribution in [1.82, 2.24) is 4.57 Å². The van der Waals surface area contributed by atoms with Crippen LogP contribution in [0.3, 0.4) is 0 Å². The maximum Gasteiger partial charge on any atom is 0.344 e. The predicted octanol–water partition coefficient (Wildman–Crippen LogP) is 3.89. The third-order valence-electron chi connectivity index (χ3n) is 6.95. The smallest absolute Gasteiger partial charge is 0.344 e. The molecule has 2 heterocycles. The summed E-state index contributed by atoms with van der Waals surface area (Å²) in [5.74, 6) is 0.253. The summed E-state index contributed by atoms with van der Waals surface area (Å²) in [7, 11) is 3.05. The number of hydrogen-bond acceptors (Lipinski definition) is 10. The van der Waals surface area contributed by atoms with Gasteiger partial charge in [-0.05, 0) is 43.7 Å². The van der Waals surface area contributed by atoms with Crippen molar-refractivity contribution >= 4 is 35.0 Å². The van der Waals surface area contributed by atoms with E-state index in [0.717, 1.165) is 0 Å². The molecule has 0 N–H and O–H groups in total.